The predicted octanol–water partition coefficient (Wildman–Crippen LogP) is 4.46. The van der Waals surface area contributed by atoms with Crippen LogP contribution in [0.5, 0.6) is 0 Å². The van der Waals surface area contributed by atoms with E-state index in [1.807, 2.05) is 23.8 Å². The average Bonchev–Trinajstić information content (AvgIpc) is 3.43. The van der Waals surface area contributed by atoms with Crippen molar-refractivity contribution < 1.29 is 4.79 Å². The number of benzene rings is 1. The van der Waals surface area contributed by atoms with E-state index in [1.54, 1.807) is 11.3 Å². The Kier molecular flexibility index (Phi) is 6.82. The van der Waals surface area contributed by atoms with Crippen LogP contribution in [0, 0.1) is 5.92 Å². The largest absolute Gasteiger partial charge is 0.371 e. The van der Waals surface area contributed by atoms with Gasteiger partial charge < -0.3 is 15.5 Å². The van der Waals surface area contributed by atoms with Gasteiger partial charge in [-0.25, -0.2) is 0 Å². The summed E-state index contributed by atoms with van der Waals surface area (Å²) in [6.45, 7) is 4.40. The highest BCUT2D eigenvalue weighted by molar-refractivity contribution is 7.09. The number of carbonyl (C=O) groups excluding carboxylic acids is 1. The number of rotatable bonds is 7. The molecule has 4 rings (SSSR count). The lowest BCUT2D eigenvalue weighted by molar-refractivity contribution is -0.119. The zero-order chi connectivity index (χ0) is 20.1. The van der Waals surface area contributed by atoms with Gasteiger partial charge in [0.1, 0.15) is 0 Å². The minimum Gasteiger partial charge on any atom is -0.371 e. The van der Waals surface area contributed by atoms with E-state index in [9.17, 15) is 4.79 Å². The third-order valence-corrected chi connectivity index (χ3v) is 7.03. The number of carbonyl (C=O) groups is 1. The summed E-state index contributed by atoms with van der Waals surface area (Å²) in [6, 6.07) is 9.44. The molecule has 5 nitrogen and oxygen atoms in total. The van der Waals surface area contributed by atoms with Crippen molar-refractivity contribution in [3.8, 4) is 0 Å². The van der Waals surface area contributed by atoms with Crippen LogP contribution in [0.25, 0.3) is 0 Å². The fraction of sp³-hybridized carbons (Fsp3) is 0.565. The summed E-state index contributed by atoms with van der Waals surface area (Å²) in [5, 5.41) is 6.88. The summed E-state index contributed by atoms with van der Waals surface area (Å²) < 4.78 is 0. The van der Waals surface area contributed by atoms with Crippen LogP contribution in [0.15, 0.2) is 36.0 Å². The second-order valence-electron chi connectivity index (χ2n) is 8.52. The average molecular weight is 413 g/mol. The smallest absolute Gasteiger partial charge is 0.227 e. The van der Waals surface area contributed by atoms with E-state index in [4.69, 9.17) is 0 Å². The zero-order valence-corrected chi connectivity index (χ0v) is 18.1. The monoisotopic (exact) mass is 412 g/mol. The summed E-state index contributed by atoms with van der Waals surface area (Å²) >= 11 is 1.74. The molecule has 29 heavy (non-hydrogen) atoms. The lowest BCUT2D eigenvalue weighted by atomic mass is 10.0. The quantitative estimate of drug-likeness (QED) is 0.705. The van der Waals surface area contributed by atoms with E-state index in [1.165, 1.54) is 23.4 Å². The Balaban J connectivity index is 1.22. The molecule has 2 aliphatic rings. The SMILES string of the molecule is C[C@H](Cc1cncs1)NC1CCN(c2ccc(NC(=O)C3CCCC3)cc2)CC1. The van der Waals surface area contributed by atoms with Gasteiger partial charge in [0.25, 0.3) is 0 Å². The van der Waals surface area contributed by atoms with Crippen molar-refractivity contribution in [1.82, 2.24) is 10.3 Å². The molecule has 2 heterocycles. The molecule has 0 spiro atoms. The van der Waals surface area contributed by atoms with E-state index in [0.717, 1.165) is 50.9 Å². The second kappa shape index (κ2) is 9.72. The third kappa shape index (κ3) is 5.58. The maximum atomic E-state index is 12.3. The molecule has 1 atom stereocenters. The van der Waals surface area contributed by atoms with Crippen molar-refractivity contribution in [2.24, 2.45) is 5.92 Å². The number of aromatic nitrogens is 1. The van der Waals surface area contributed by atoms with Gasteiger partial charge in [0.2, 0.25) is 5.91 Å². The van der Waals surface area contributed by atoms with Crippen molar-refractivity contribution >= 4 is 28.6 Å². The second-order valence-corrected chi connectivity index (χ2v) is 9.49. The number of thiazole rings is 1. The Bertz CT molecular complexity index is 763. The highest BCUT2D eigenvalue weighted by Gasteiger charge is 2.23. The molecular formula is C23H32N4OS. The first kappa shape index (κ1) is 20.4. The number of amides is 1. The minimum absolute atomic E-state index is 0.189. The Hall–Kier alpha value is -1.92. The minimum atomic E-state index is 0.189. The molecule has 2 fully saturated rings. The Labute approximate surface area is 177 Å². The zero-order valence-electron chi connectivity index (χ0n) is 17.3. The number of nitrogens with one attached hydrogen (secondary N) is 2. The summed E-state index contributed by atoms with van der Waals surface area (Å²) in [5.41, 5.74) is 4.07. The number of piperidine rings is 1. The molecule has 1 saturated carbocycles. The van der Waals surface area contributed by atoms with E-state index >= 15 is 0 Å². The number of hydrogen-bond acceptors (Lipinski definition) is 5. The molecule has 0 unspecified atom stereocenters. The van der Waals surface area contributed by atoms with Crippen LogP contribution >= 0.6 is 11.3 Å². The fourth-order valence-corrected chi connectivity index (χ4v) is 5.32. The molecule has 2 N–H and O–H groups in total. The van der Waals surface area contributed by atoms with Crippen LogP contribution in [0.3, 0.4) is 0 Å². The van der Waals surface area contributed by atoms with Gasteiger partial charge in [-0.1, -0.05) is 12.8 Å². The molecule has 6 heteroatoms. The fourth-order valence-electron chi connectivity index (χ4n) is 4.60. The van der Waals surface area contributed by atoms with Crippen LogP contribution in [0.2, 0.25) is 0 Å². The number of anilines is 2. The lowest BCUT2D eigenvalue weighted by Gasteiger charge is -2.35. The van der Waals surface area contributed by atoms with Gasteiger partial charge >= 0.3 is 0 Å². The third-order valence-electron chi connectivity index (χ3n) is 6.23. The molecule has 156 valence electrons. The Morgan fingerprint density at radius 2 is 1.90 bits per heavy atom. The molecule has 2 aromatic rings. The van der Waals surface area contributed by atoms with E-state index < -0.39 is 0 Å². The first-order chi connectivity index (χ1) is 14.2. The maximum Gasteiger partial charge on any atom is 0.227 e. The molecule has 1 amide bonds. The van der Waals surface area contributed by atoms with Gasteiger partial charge in [-0.05, 0) is 63.3 Å². The lowest BCUT2D eigenvalue weighted by Crippen LogP contribution is -2.46. The molecule has 0 bridgehead atoms. The van der Waals surface area contributed by atoms with Gasteiger partial charge in [-0.2, -0.15) is 0 Å². The highest BCUT2D eigenvalue weighted by atomic mass is 32.1. The first-order valence-corrected chi connectivity index (χ1v) is 11.8. The summed E-state index contributed by atoms with van der Waals surface area (Å²) in [5.74, 6) is 0.397. The van der Waals surface area contributed by atoms with Crippen molar-refractivity contribution in [3.05, 3.63) is 40.8 Å². The molecule has 1 aromatic heterocycles. The Morgan fingerprint density at radius 3 is 2.55 bits per heavy atom. The van der Waals surface area contributed by atoms with Crippen molar-refractivity contribution in [2.45, 2.75) is 64.0 Å². The van der Waals surface area contributed by atoms with Gasteiger partial charge in [-0.15, -0.1) is 11.3 Å². The molecule has 1 saturated heterocycles. The first-order valence-electron chi connectivity index (χ1n) is 11.0. The standard InChI is InChI=1S/C23H32N4OS/c1-17(14-22-15-24-16-29-22)25-20-10-12-27(13-11-20)21-8-6-19(7-9-21)26-23(28)18-4-2-3-5-18/h6-9,15-18,20,25H,2-5,10-14H2,1H3,(H,26,28)/t17-/m1/s1. The van der Waals surface area contributed by atoms with E-state index in [2.05, 4.69) is 39.6 Å². The van der Waals surface area contributed by atoms with Crippen molar-refractivity contribution in [2.75, 3.05) is 23.3 Å². The Morgan fingerprint density at radius 1 is 1.17 bits per heavy atom. The van der Waals surface area contributed by atoms with Crippen LogP contribution in [-0.2, 0) is 11.2 Å². The van der Waals surface area contributed by atoms with Gasteiger partial charge in [0, 0.05) is 53.5 Å². The highest BCUT2D eigenvalue weighted by Crippen LogP contribution is 2.27. The molecule has 0 radical (unpaired) electrons. The summed E-state index contributed by atoms with van der Waals surface area (Å²) in [7, 11) is 0. The summed E-state index contributed by atoms with van der Waals surface area (Å²) in [6.07, 6.45) is 9.80. The molecule has 1 aromatic carbocycles. The van der Waals surface area contributed by atoms with Crippen LogP contribution in [0.4, 0.5) is 11.4 Å². The van der Waals surface area contributed by atoms with Crippen LogP contribution < -0.4 is 15.5 Å². The number of hydrogen-bond donors (Lipinski definition) is 2. The van der Waals surface area contributed by atoms with E-state index in [0.29, 0.717) is 12.1 Å². The van der Waals surface area contributed by atoms with Crippen LogP contribution in [-0.4, -0.2) is 36.1 Å². The normalized spacial score (nSPS) is 19.4. The predicted molar refractivity (Wildman–Crippen MR) is 121 cm³/mol. The van der Waals surface area contributed by atoms with Gasteiger partial charge in [0.15, 0.2) is 0 Å². The molecule has 1 aliphatic carbocycles. The molecule has 1 aliphatic heterocycles. The maximum absolute atomic E-state index is 12.3. The topological polar surface area (TPSA) is 57.3 Å². The van der Waals surface area contributed by atoms with Crippen molar-refractivity contribution in [1.29, 1.82) is 0 Å². The summed E-state index contributed by atoms with van der Waals surface area (Å²) in [4.78, 5) is 20.3. The van der Waals surface area contributed by atoms with Crippen molar-refractivity contribution in [3.63, 3.8) is 0 Å². The number of nitrogens with zero attached hydrogens (tertiary/aromatic N) is 2. The van der Waals surface area contributed by atoms with E-state index in [-0.39, 0.29) is 11.8 Å². The van der Waals surface area contributed by atoms with Gasteiger partial charge in [-0.3, -0.25) is 9.78 Å². The molecular weight excluding hydrogens is 380 g/mol. The van der Waals surface area contributed by atoms with Gasteiger partial charge in [0.05, 0.1) is 5.51 Å². The van der Waals surface area contributed by atoms with Crippen LogP contribution in [0.1, 0.15) is 50.3 Å².